The fraction of sp³-hybridized carbons (Fsp3) is 0.200. The fourth-order valence-electron chi connectivity index (χ4n) is 0.743. The Morgan fingerprint density at radius 2 is 2.10 bits per heavy atom. The predicted octanol–water partition coefficient (Wildman–Crippen LogP) is -0.890. The van der Waals surface area contributed by atoms with Crippen molar-refractivity contribution in [3.63, 3.8) is 0 Å². The molecule has 0 fully saturated rings. The summed E-state index contributed by atoms with van der Waals surface area (Å²) in [5.41, 5.74) is 4.88. The Morgan fingerprint density at radius 1 is 1.50 bits per heavy atom. The molecule has 0 radical (unpaired) electrons. The lowest BCUT2D eigenvalue weighted by Crippen LogP contribution is -2.20. The Kier molecular flexibility index (Phi) is 1.33. The van der Waals surface area contributed by atoms with Crippen LogP contribution in [0.25, 0.3) is 0 Å². The van der Waals surface area contributed by atoms with Gasteiger partial charge in [0.1, 0.15) is 5.56 Å². The van der Waals surface area contributed by atoms with Gasteiger partial charge in [-0.15, -0.1) is 0 Å². The van der Waals surface area contributed by atoms with E-state index in [1.54, 1.807) is 6.92 Å². The van der Waals surface area contributed by atoms with Gasteiger partial charge in [0, 0.05) is 5.69 Å². The summed E-state index contributed by atoms with van der Waals surface area (Å²) < 4.78 is 0. The number of rotatable bonds is 1. The Morgan fingerprint density at radius 3 is 2.30 bits per heavy atom. The summed E-state index contributed by atoms with van der Waals surface area (Å²) in [4.78, 5) is 21.2. The molecular weight excluding hydrogens is 134 g/mol. The number of aryl methyl sites for hydroxylation is 1. The number of hydrogen-bond acceptors (Lipinski definition) is 2. The fourth-order valence-corrected chi connectivity index (χ4v) is 0.743. The van der Waals surface area contributed by atoms with E-state index in [4.69, 9.17) is 5.73 Å². The largest absolute Gasteiger partial charge is 0.365 e. The molecule has 0 saturated heterocycles. The maximum Gasteiger partial charge on any atom is 0.277 e. The molecule has 0 spiro atoms. The number of primary amides is 1. The minimum Gasteiger partial charge on any atom is -0.365 e. The van der Waals surface area contributed by atoms with Gasteiger partial charge in [-0.3, -0.25) is 14.7 Å². The van der Waals surface area contributed by atoms with Crippen LogP contribution in [0, 0.1) is 6.92 Å². The van der Waals surface area contributed by atoms with Crippen molar-refractivity contribution in [1.29, 1.82) is 0 Å². The van der Waals surface area contributed by atoms with Gasteiger partial charge in [0.25, 0.3) is 11.5 Å². The third kappa shape index (κ3) is 0.812. The van der Waals surface area contributed by atoms with E-state index in [9.17, 15) is 9.59 Å². The summed E-state index contributed by atoms with van der Waals surface area (Å²) in [5.74, 6) is -0.708. The number of carbonyl (C=O) groups excluding carboxylic acids is 1. The van der Waals surface area contributed by atoms with Crippen LogP contribution < -0.4 is 11.3 Å². The molecule has 1 aromatic heterocycles. The van der Waals surface area contributed by atoms with Gasteiger partial charge < -0.3 is 10.8 Å². The highest BCUT2D eigenvalue weighted by Crippen LogP contribution is 1.93. The number of aromatic amines is 2. The summed E-state index contributed by atoms with van der Waals surface area (Å²) in [6.07, 6.45) is 0. The van der Waals surface area contributed by atoms with Crippen LogP contribution in [0.1, 0.15) is 16.1 Å². The highest BCUT2D eigenvalue weighted by molar-refractivity contribution is 5.93. The first-order chi connectivity index (χ1) is 4.63. The Bertz CT molecular complexity index is 309. The molecule has 0 unspecified atom stereocenters. The highest BCUT2D eigenvalue weighted by atomic mass is 16.2. The van der Waals surface area contributed by atoms with Crippen LogP contribution in [0.5, 0.6) is 0 Å². The normalized spacial score (nSPS) is 9.70. The second-order valence-electron chi connectivity index (χ2n) is 1.94. The first-order valence-corrected chi connectivity index (χ1v) is 2.70. The molecule has 0 atom stereocenters. The molecule has 5 heteroatoms. The quantitative estimate of drug-likeness (QED) is 0.473. The maximum absolute atomic E-state index is 10.7. The molecule has 1 heterocycles. The van der Waals surface area contributed by atoms with Crippen LogP contribution in [-0.2, 0) is 0 Å². The Balaban J connectivity index is 3.37. The zero-order valence-electron chi connectivity index (χ0n) is 5.39. The number of hydrogen-bond donors (Lipinski definition) is 3. The molecule has 54 valence electrons. The van der Waals surface area contributed by atoms with Crippen molar-refractivity contribution in [1.82, 2.24) is 10.2 Å². The molecule has 1 aromatic rings. The second-order valence-corrected chi connectivity index (χ2v) is 1.94. The van der Waals surface area contributed by atoms with E-state index in [2.05, 4.69) is 10.2 Å². The van der Waals surface area contributed by atoms with E-state index in [-0.39, 0.29) is 5.56 Å². The van der Waals surface area contributed by atoms with E-state index in [1.807, 2.05) is 0 Å². The molecule has 0 aromatic carbocycles. The van der Waals surface area contributed by atoms with Crippen LogP contribution in [0.15, 0.2) is 4.79 Å². The minimum atomic E-state index is -0.708. The summed E-state index contributed by atoms with van der Waals surface area (Å²) in [7, 11) is 0. The lowest BCUT2D eigenvalue weighted by Gasteiger charge is -1.85. The molecule has 0 aliphatic heterocycles. The topological polar surface area (TPSA) is 91.7 Å². The van der Waals surface area contributed by atoms with Gasteiger partial charge in [-0.05, 0) is 6.92 Å². The van der Waals surface area contributed by atoms with Crippen molar-refractivity contribution in [3.8, 4) is 0 Å². The van der Waals surface area contributed by atoms with Crippen molar-refractivity contribution in [3.05, 3.63) is 21.6 Å². The van der Waals surface area contributed by atoms with Gasteiger partial charge in [-0.25, -0.2) is 0 Å². The molecule has 0 saturated carbocycles. The number of aromatic nitrogens is 2. The first-order valence-electron chi connectivity index (χ1n) is 2.70. The van der Waals surface area contributed by atoms with Crippen molar-refractivity contribution in [2.45, 2.75) is 6.92 Å². The average molecular weight is 141 g/mol. The smallest absolute Gasteiger partial charge is 0.277 e. The van der Waals surface area contributed by atoms with E-state index in [0.717, 1.165) is 0 Å². The number of nitrogens with one attached hydrogen (secondary N) is 2. The molecule has 4 N–H and O–H groups in total. The molecule has 0 aliphatic rings. The maximum atomic E-state index is 10.7. The van der Waals surface area contributed by atoms with Crippen LogP contribution in [0.2, 0.25) is 0 Å². The second kappa shape index (κ2) is 2.02. The molecule has 1 rings (SSSR count). The van der Waals surface area contributed by atoms with Gasteiger partial charge in [0.05, 0.1) is 0 Å². The summed E-state index contributed by atoms with van der Waals surface area (Å²) in [5, 5.41) is 4.72. The number of carbonyl (C=O) groups is 1. The minimum absolute atomic E-state index is 0.000000000000000222. The molecule has 5 nitrogen and oxygen atoms in total. The predicted molar refractivity (Wildman–Crippen MR) is 34.7 cm³/mol. The summed E-state index contributed by atoms with van der Waals surface area (Å²) in [6, 6.07) is 0. The van der Waals surface area contributed by atoms with E-state index in [0.29, 0.717) is 5.69 Å². The van der Waals surface area contributed by atoms with Crippen molar-refractivity contribution in [2.75, 3.05) is 0 Å². The summed E-state index contributed by atoms with van der Waals surface area (Å²) >= 11 is 0. The number of nitrogens with two attached hydrogens (primary N) is 1. The SMILES string of the molecule is Cc1[nH][nH]c(=O)c1C(N)=O. The van der Waals surface area contributed by atoms with Crippen molar-refractivity contribution >= 4 is 5.91 Å². The van der Waals surface area contributed by atoms with Crippen molar-refractivity contribution < 1.29 is 4.79 Å². The van der Waals surface area contributed by atoms with Crippen LogP contribution >= 0.6 is 0 Å². The standard InChI is InChI=1S/C5H7N3O2/c1-2-3(4(6)9)5(10)8-7-2/h1H3,(H2,6,9)(H2,7,8,10). The zero-order valence-corrected chi connectivity index (χ0v) is 5.39. The Hall–Kier alpha value is -1.52. The number of amides is 1. The van der Waals surface area contributed by atoms with Gasteiger partial charge in [0.15, 0.2) is 0 Å². The van der Waals surface area contributed by atoms with Crippen LogP contribution in [0.4, 0.5) is 0 Å². The Labute approximate surface area is 56.2 Å². The molecule has 0 bridgehead atoms. The van der Waals surface area contributed by atoms with Gasteiger partial charge >= 0.3 is 0 Å². The monoisotopic (exact) mass is 141 g/mol. The summed E-state index contributed by atoms with van der Waals surface area (Å²) in [6.45, 7) is 1.60. The third-order valence-electron chi connectivity index (χ3n) is 1.21. The lowest BCUT2D eigenvalue weighted by molar-refractivity contribution is 0.0999. The molecule has 1 amide bonds. The average Bonchev–Trinajstić information content (AvgIpc) is 2.11. The molecule has 0 aliphatic carbocycles. The zero-order chi connectivity index (χ0) is 7.72. The van der Waals surface area contributed by atoms with E-state index in [1.165, 1.54) is 0 Å². The molecular formula is C5H7N3O2. The highest BCUT2D eigenvalue weighted by Gasteiger charge is 2.10. The van der Waals surface area contributed by atoms with Crippen LogP contribution in [0.3, 0.4) is 0 Å². The third-order valence-corrected chi connectivity index (χ3v) is 1.21. The van der Waals surface area contributed by atoms with Gasteiger partial charge in [-0.2, -0.15) is 0 Å². The van der Waals surface area contributed by atoms with Gasteiger partial charge in [0.2, 0.25) is 0 Å². The first kappa shape index (κ1) is 6.60. The molecule has 10 heavy (non-hydrogen) atoms. The number of H-pyrrole nitrogens is 2. The van der Waals surface area contributed by atoms with Crippen LogP contribution in [-0.4, -0.2) is 16.1 Å². The lowest BCUT2D eigenvalue weighted by atomic mass is 10.2. The van der Waals surface area contributed by atoms with E-state index < -0.39 is 11.5 Å². The van der Waals surface area contributed by atoms with Gasteiger partial charge in [-0.1, -0.05) is 0 Å². The van der Waals surface area contributed by atoms with E-state index >= 15 is 0 Å². The van der Waals surface area contributed by atoms with Crippen molar-refractivity contribution in [2.24, 2.45) is 5.73 Å².